The van der Waals surface area contributed by atoms with Gasteiger partial charge in [0.2, 0.25) is 0 Å². The molecule has 0 aromatic heterocycles. The Kier molecular flexibility index (Phi) is 56.0. The second-order valence-electron chi connectivity index (χ2n) is 25.0. The fraction of sp³-hybridized carbons (Fsp3) is 0.881. The van der Waals surface area contributed by atoms with Crippen LogP contribution in [0, 0.1) is 17.8 Å². The van der Waals surface area contributed by atoms with Crippen molar-refractivity contribution in [3.63, 3.8) is 0 Å². The molecule has 506 valence electrons. The number of esters is 4. The van der Waals surface area contributed by atoms with Crippen LogP contribution in [0.5, 0.6) is 0 Å². The molecule has 0 heterocycles. The van der Waals surface area contributed by atoms with E-state index < -0.39 is 97.5 Å². The van der Waals surface area contributed by atoms with E-state index in [1.807, 2.05) is 0 Å². The molecule has 0 aromatic rings. The van der Waals surface area contributed by atoms with Gasteiger partial charge in [0.05, 0.1) is 26.4 Å². The number of aliphatic hydroxyl groups excluding tert-OH is 1. The second kappa shape index (κ2) is 57.7. The van der Waals surface area contributed by atoms with Crippen molar-refractivity contribution in [1.82, 2.24) is 0 Å². The Labute approximate surface area is 522 Å². The fourth-order valence-electron chi connectivity index (χ4n) is 9.47. The van der Waals surface area contributed by atoms with Gasteiger partial charge in [-0.25, -0.2) is 9.13 Å². The van der Waals surface area contributed by atoms with E-state index in [4.69, 9.17) is 37.0 Å². The van der Waals surface area contributed by atoms with E-state index in [2.05, 4.69) is 72.8 Å². The highest BCUT2D eigenvalue weighted by Gasteiger charge is 2.30. The quantitative estimate of drug-likeness (QED) is 0.0169. The van der Waals surface area contributed by atoms with E-state index in [-0.39, 0.29) is 25.7 Å². The molecule has 0 amide bonds. The van der Waals surface area contributed by atoms with Gasteiger partial charge in [0.15, 0.2) is 12.2 Å². The number of unbranched alkanes of at least 4 members (excludes halogenated alkanes) is 28. The summed E-state index contributed by atoms with van der Waals surface area (Å²) in [6.45, 7) is 11.6. The lowest BCUT2D eigenvalue weighted by Crippen LogP contribution is -2.30. The molecule has 0 saturated heterocycles. The highest BCUT2D eigenvalue weighted by molar-refractivity contribution is 7.47. The highest BCUT2D eigenvalue weighted by Crippen LogP contribution is 2.45. The topological polar surface area (TPSA) is 237 Å². The number of allylic oxidation sites excluding steroid dienone is 4. The van der Waals surface area contributed by atoms with Crippen molar-refractivity contribution in [2.75, 3.05) is 39.6 Å². The third-order valence-electron chi connectivity index (χ3n) is 14.8. The first-order valence-corrected chi connectivity index (χ1v) is 37.2. The Balaban J connectivity index is 5.26. The first-order valence-electron chi connectivity index (χ1n) is 34.2. The van der Waals surface area contributed by atoms with Crippen molar-refractivity contribution in [2.24, 2.45) is 17.8 Å². The Morgan fingerprint density at radius 2 is 0.628 bits per heavy atom. The molecule has 0 aliphatic heterocycles. The van der Waals surface area contributed by atoms with Crippen LogP contribution in [0.25, 0.3) is 0 Å². The molecular formula is C67H126O17P2. The van der Waals surface area contributed by atoms with Gasteiger partial charge < -0.3 is 33.8 Å². The first-order chi connectivity index (χ1) is 41.2. The number of ether oxygens (including phenoxy) is 4. The second-order valence-corrected chi connectivity index (χ2v) is 27.9. The van der Waals surface area contributed by atoms with Crippen LogP contribution in [0.3, 0.4) is 0 Å². The zero-order chi connectivity index (χ0) is 63.8. The number of carbonyl (C=O) groups excluding carboxylic acids is 4. The average Bonchev–Trinajstić information content (AvgIpc) is 3.56. The number of phosphoric ester groups is 2. The third kappa shape index (κ3) is 60.5. The van der Waals surface area contributed by atoms with Gasteiger partial charge in [-0.1, -0.05) is 253 Å². The predicted octanol–water partition coefficient (Wildman–Crippen LogP) is 18.2. The summed E-state index contributed by atoms with van der Waals surface area (Å²) in [7, 11) is -9.90. The summed E-state index contributed by atoms with van der Waals surface area (Å²) in [6.07, 6.45) is 42.8. The minimum absolute atomic E-state index is 0.0960. The van der Waals surface area contributed by atoms with Gasteiger partial charge in [-0.2, -0.15) is 0 Å². The Bertz CT molecular complexity index is 1790. The van der Waals surface area contributed by atoms with Crippen LogP contribution in [0.4, 0.5) is 0 Å². The third-order valence-corrected chi connectivity index (χ3v) is 16.7. The fourth-order valence-corrected chi connectivity index (χ4v) is 11.0. The van der Waals surface area contributed by atoms with Gasteiger partial charge >= 0.3 is 39.5 Å². The normalized spacial score (nSPS) is 14.5. The number of hydrogen-bond acceptors (Lipinski definition) is 15. The summed E-state index contributed by atoms with van der Waals surface area (Å²) in [5.74, 6) is -0.0615. The molecular weight excluding hydrogens is 1140 g/mol. The largest absolute Gasteiger partial charge is 0.472 e. The molecule has 2 unspecified atom stereocenters. The van der Waals surface area contributed by atoms with E-state index in [9.17, 15) is 43.2 Å². The number of aliphatic hydroxyl groups is 1. The number of carbonyl (C=O) groups is 4. The van der Waals surface area contributed by atoms with E-state index in [0.29, 0.717) is 37.5 Å². The predicted molar refractivity (Wildman–Crippen MR) is 344 cm³/mol. The molecule has 0 spiro atoms. The van der Waals surface area contributed by atoms with Crippen molar-refractivity contribution in [3.05, 3.63) is 24.3 Å². The van der Waals surface area contributed by atoms with Gasteiger partial charge in [0, 0.05) is 25.7 Å². The highest BCUT2D eigenvalue weighted by atomic mass is 31.2. The summed E-state index contributed by atoms with van der Waals surface area (Å²) in [6, 6.07) is 0. The van der Waals surface area contributed by atoms with Crippen molar-refractivity contribution in [1.29, 1.82) is 0 Å². The summed E-state index contributed by atoms with van der Waals surface area (Å²) >= 11 is 0. The SMILES string of the molecule is CCCCCC/C=C\C=C/CCCCCCCC(=O)OC[C@H](COP(=O)(O)OC[C@@H](O)COP(=O)(O)OC[C@@H](COC(=O)CCCCCCCCC(C)C)OC(=O)CCCCCCCCCCCC(C)C)OC(=O)CCCCCCCCCC(C)C. The Morgan fingerprint density at radius 3 is 0.942 bits per heavy atom. The summed E-state index contributed by atoms with van der Waals surface area (Å²) < 4.78 is 68.0. The number of rotatable bonds is 63. The van der Waals surface area contributed by atoms with E-state index in [0.717, 1.165) is 121 Å². The van der Waals surface area contributed by atoms with E-state index >= 15 is 0 Å². The van der Waals surface area contributed by atoms with Gasteiger partial charge in [-0.05, 0) is 69.1 Å². The van der Waals surface area contributed by atoms with Crippen LogP contribution in [0.15, 0.2) is 24.3 Å². The summed E-state index contributed by atoms with van der Waals surface area (Å²) in [5.41, 5.74) is 0. The molecule has 3 N–H and O–H groups in total. The molecule has 0 fully saturated rings. The van der Waals surface area contributed by atoms with Gasteiger partial charge in [0.25, 0.3) is 0 Å². The maximum Gasteiger partial charge on any atom is 0.472 e. The van der Waals surface area contributed by atoms with Crippen LogP contribution < -0.4 is 0 Å². The minimum Gasteiger partial charge on any atom is -0.462 e. The van der Waals surface area contributed by atoms with Crippen LogP contribution in [-0.4, -0.2) is 96.7 Å². The maximum atomic E-state index is 13.0. The van der Waals surface area contributed by atoms with Crippen molar-refractivity contribution >= 4 is 39.5 Å². The molecule has 0 saturated carbocycles. The van der Waals surface area contributed by atoms with E-state index in [1.54, 1.807) is 0 Å². The molecule has 0 radical (unpaired) electrons. The first kappa shape index (κ1) is 83.5. The van der Waals surface area contributed by atoms with Gasteiger partial charge in [-0.15, -0.1) is 0 Å². The molecule has 19 heteroatoms. The van der Waals surface area contributed by atoms with Gasteiger partial charge in [0.1, 0.15) is 19.3 Å². The zero-order valence-electron chi connectivity index (χ0n) is 55.3. The smallest absolute Gasteiger partial charge is 0.462 e. The standard InChI is InChI=1S/C67H126O17P2/c1-8-9-10-11-12-13-14-15-16-17-18-21-26-34-41-48-64(69)77-54-62(84-67(72)51-44-37-28-23-25-32-39-46-59(4)5)56-81-85(73,74)79-52-61(68)53-80-86(75,76)82-57-63(55-78-65(70)49-42-35-30-29-33-40-47-60(6)7)83-66(71)50-43-36-27-22-19-20-24-31-38-45-58(2)3/h13-16,58-63,68H,8-12,17-57H2,1-7H3,(H,73,74)(H,75,76)/b14-13-,16-15-/t61-,62-,63-/m1/s1. The van der Waals surface area contributed by atoms with Crippen LogP contribution in [-0.2, 0) is 65.4 Å². The van der Waals surface area contributed by atoms with Crippen molar-refractivity contribution in [2.45, 2.75) is 324 Å². The molecule has 0 rings (SSSR count). The van der Waals surface area contributed by atoms with Gasteiger partial charge in [-0.3, -0.25) is 37.3 Å². The number of phosphoric acid groups is 2. The molecule has 0 aromatic carbocycles. The Hall–Kier alpha value is -2.46. The van der Waals surface area contributed by atoms with Crippen molar-refractivity contribution < 1.29 is 80.2 Å². The molecule has 0 aliphatic rings. The lowest BCUT2D eigenvalue weighted by molar-refractivity contribution is -0.161. The molecule has 0 bridgehead atoms. The molecule has 5 atom stereocenters. The van der Waals surface area contributed by atoms with E-state index in [1.165, 1.54) is 89.9 Å². The van der Waals surface area contributed by atoms with Crippen LogP contribution in [0.1, 0.15) is 305 Å². The monoisotopic (exact) mass is 1260 g/mol. The lowest BCUT2D eigenvalue weighted by Gasteiger charge is -2.21. The summed E-state index contributed by atoms with van der Waals surface area (Å²) in [4.78, 5) is 72.3. The minimum atomic E-state index is -4.95. The van der Waals surface area contributed by atoms with Crippen molar-refractivity contribution in [3.8, 4) is 0 Å². The zero-order valence-corrected chi connectivity index (χ0v) is 57.0. The molecule has 0 aliphatic carbocycles. The van der Waals surface area contributed by atoms with Crippen LogP contribution in [0.2, 0.25) is 0 Å². The number of hydrogen-bond donors (Lipinski definition) is 3. The molecule has 17 nitrogen and oxygen atoms in total. The summed E-state index contributed by atoms with van der Waals surface area (Å²) in [5, 5.41) is 10.5. The lowest BCUT2D eigenvalue weighted by atomic mass is 10.0. The maximum absolute atomic E-state index is 13.0. The Morgan fingerprint density at radius 1 is 0.360 bits per heavy atom. The van der Waals surface area contributed by atoms with Crippen LogP contribution >= 0.6 is 15.6 Å². The average molecular weight is 1270 g/mol. The molecule has 86 heavy (non-hydrogen) atoms.